The second-order valence-corrected chi connectivity index (χ2v) is 4.54. The van der Waals surface area contributed by atoms with Gasteiger partial charge in [-0.3, -0.25) is 14.9 Å². The van der Waals surface area contributed by atoms with E-state index in [9.17, 15) is 14.9 Å². The molecule has 0 atom stereocenters. The molecule has 17 heavy (non-hydrogen) atoms. The molecule has 1 aromatic rings. The molecular weight excluding hydrogens is 244 g/mol. The van der Waals surface area contributed by atoms with Gasteiger partial charge >= 0.3 is 0 Å². The number of hydrogen-bond acceptors (Lipinski definition) is 3. The number of nitro groups is 1. The second kappa shape index (κ2) is 5.14. The number of alkyl halides is 1. The molecule has 0 aliphatic heterocycles. The first-order valence-electron chi connectivity index (χ1n) is 4.99. The van der Waals surface area contributed by atoms with Crippen molar-refractivity contribution < 1.29 is 9.72 Å². The summed E-state index contributed by atoms with van der Waals surface area (Å²) in [4.78, 5) is 21.7. The molecule has 92 valence electrons. The van der Waals surface area contributed by atoms with Gasteiger partial charge in [-0.25, -0.2) is 0 Å². The fourth-order valence-corrected chi connectivity index (χ4v) is 1.21. The largest absolute Gasteiger partial charge is 0.346 e. The molecule has 0 saturated heterocycles. The van der Waals surface area contributed by atoms with Gasteiger partial charge in [-0.2, -0.15) is 0 Å². The van der Waals surface area contributed by atoms with Crippen LogP contribution in [0.2, 0.25) is 0 Å². The summed E-state index contributed by atoms with van der Waals surface area (Å²) in [7, 11) is 0. The second-order valence-electron chi connectivity index (χ2n) is 4.28. The third-order valence-electron chi connectivity index (χ3n) is 2.13. The third kappa shape index (κ3) is 3.71. The van der Waals surface area contributed by atoms with E-state index in [4.69, 9.17) is 11.6 Å². The van der Waals surface area contributed by atoms with Gasteiger partial charge in [0.2, 0.25) is 0 Å². The molecule has 1 rings (SSSR count). The molecule has 0 heterocycles. The number of nitrogens with one attached hydrogen (secondary N) is 1. The Bertz CT molecular complexity index is 429. The van der Waals surface area contributed by atoms with Crippen molar-refractivity contribution in [2.45, 2.75) is 19.4 Å². The van der Waals surface area contributed by atoms with Gasteiger partial charge < -0.3 is 5.32 Å². The lowest BCUT2D eigenvalue weighted by Crippen LogP contribution is -2.44. The lowest BCUT2D eigenvalue weighted by molar-refractivity contribution is -0.384. The molecule has 0 unspecified atom stereocenters. The van der Waals surface area contributed by atoms with Crippen LogP contribution in [-0.2, 0) is 0 Å². The quantitative estimate of drug-likeness (QED) is 0.511. The predicted molar refractivity (Wildman–Crippen MR) is 65.4 cm³/mol. The van der Waals surface area contributed by atoms with Gasteiger partial charge in [-0.15, -0.1) is 11.6 Å². The van der Waals surface area contributed by atoms with E-state index in [2.05, 4.69) is 5.32 Å². The third-order valence-corrected chi connectivity index (χ3v) is 2.79. The highest BCUT2D eigenvalue weighted by molar-refractivity contribution is 6.18. The molecule has 0 aliphatic carbocycles. The van der Waals surface area contributed by atoms with Gasteiger partial charge in [0.05, 0.1) is 4.92 Å². The average molecular weight is 257 g/mol. The highest BCUT2D eigenvalue weighted by Crippen LogP contribution is 2.13. The SMILES string of the molecule is CC(C)(CCl)NC(=O)c1ccc([N+](=O)[O-])cc1. The fraction of sp³-hybridized carbons (Fsp3) is 0.364. The first-order chi connectivity index (χ1) is 7.85. The predicted octanol–water partition coefficient (Wildman–Crippen LogP) is 2.34. The minimum atomic E-state index is -0.513. The number of carbonyl (C=O) groups is 1. The van der Waals surface area contributed by atoms with Gasteiger partial charge in [0.15, 0.2) is 0 Å². The Hall–Kier alpha value is -1.62. The van der Waals surface area contributed by atoms with Crippen molar-refractivity contribution in [2.24, 2.45) is 0 Å². The van der Waals surface area contributed by atoms with Crippen LogP contribution in [0.15, 0.2) is 24.3 Å². The molecule has 0 radical (unpaired) electrons. The standard InChI is InChI=1S/C11H13ClN2O3/c1-11(2,7-12)13-10(15)8-3-5-9(6-4-8)14(16)17/h3-6H,7H2,1-2H3,(H,13,15). The molecule has 0 bridgehead atoms. The molecule has 0 fully saturated rings. The Labute approximate surface area is 104 Å². The molecule has 1 amide bonds. The topological polar surface area (TPSA) is 72.2 Å². The summed E-state index contributed by atoms with van der Waals surface area (Å²) in [6.45, 7) is 3.59. The molecule has 1 aromatic carbocycles. The van der Waals surface area contributed by atoms with Crippen molar-refractivity contribution in [3.63, 3.8) is 0 Å². The molecule has 0 spiro atoms. The van der Waals surface area contributed by atoms with Crippen LogP contribution in [0.1, 0.15) is 24.2 Å². The number of nitrogens with zero attached hydrogens (tertiary/aromatic N) is 1. The molecule has 6 heteroatoms. The number of amides is 1. The van der Waals surface area contributed by atoms with Crippen molar-refractivity contribution in [3.05, 3.63) is 39.9 Å². The minimum absolute atomic E-state index is 0.0434. The Morgan fingerprint density at radius 1 is 1.41 bits per heavy atom. The molecule has 5 nitrogen and oxygen atoms in total. The van der Waals surface area contributed by atoms with Crippen LogP contribution in [0.4, 0.5) is 5.69 Å². The van der Waals surface area contributed by atoms with Gasteiger partial charge in [0.1, 0.15) is 0 Å². The van der Waals surface area contributed by atoms with Crippen LogP contribution in [0.3, 0.4) is 0 Å². The van der Waals surface area contributed by atoms with E-state index in [1.165, 1.54) is 24.3 Å². The zero-order valence-electron chi connectivity index (χ0n) is 9.57. The summed E-state index contributed by atoms with van der Waals surface area (Å²) >= 11 is 5.69. The number of rotatable bonds is 4. The van der Waals surface area contributed by atoms with Crippen molar-refractivity contribution in [3.8, 4) is 0 Å². The number of hydrogen-bond donors (Lipinski definition) is 1. The van der Waals surface area contributed by atoms with Crippen LogP contribution >= 0.6 is 11.6 Å². The normalized spacial score (nSPS) is 11.0. The summed E-state index contributed by atoms with van der Waals surface area (Å²) in [5, 5.41) is 13.2. The maximum Gasteiger partial charge on any atom is 0.269 e. The summed E-state index contributed by atoms with van der Waals surface area (Å²) in [6, 6.07) is 5.42. The van der Waals surface area contributed by atoms with E-state index in [1.54, 1.807) is 13.8 Å². The molecular formula is C11H13ClN2O3. The van der Waals surface area contributed by atoms with E-state index < -0.39 is 10.5 Å². The summed E-state index contributed by atoms with van der Waals surface area (Å²) in [6.07, 6.45) is 0. The van der Waals surface area contributed by atoms with Crippen molar-refractivity contribution in [2.75, 3.05) is 5.88 Å². The lowest BCUT2D eigenvalue weighted by Gasteiger charge is -2.23. The Balaban J connectivity index is 2.80. The summed E-state index contributed by atoms with van der Waals surface area (Å²) in [5.41, 5.74) is -0.188. The van der Waals surface area contributed by atoms with Crippen LogP contribution in [-0.4, -0.2) is 22.2 Å². The Morgan fingerprint density at radius 2 is 1.94 bits per heavy atom. The number of carbonyl (C=O) groups excluding carboxylic acids is 1. The first-order valence-corrected chi connectivity index (χ1v) is 5.52. The Kier molecular flexibility index (Phi) is 4.07. The van der Waals surface area contributed by atoms with Crippen molar-refractivity contribution in [1.29, 1.82) is 0 Å². The van der Waals surface area contributed by atoms with Crippen LogP contribution in [0.5, 0.6) is 0 Å². The maximum absolute atomic E-state index is 11.8. The van der Waals surface area contributed by atoms with Crippen LogP contribution < -0.4 is 5.32 Å². The smallest absolute Gasteiger partial charge is 0.269 e. The van der Waals surface area contributed by atoms with Crippen LogP contribution in [0, 0.1) is 10.1 Å². The zero-order valence-corrected chi connectivity index (χ0v) is 10.3. The molecule has 0 saturated carbocycles. The minimum Gasteiger partial charge on any atom is -0.346 e. The number of benzene rings is 1. The van der Waals surface area contributed by atoms with Crippen molar-refractivity contribution in [1.82, 2.24) is 5.32 Å². The maximum atomic E-state index is 11.8. The van der Waals surface area contributed by atoms with Crippen LogP contribution in [0.25, 0.3) is 0 Å². The van der Waals surface area contributed by atoms with E-state index in [1.807, 2.05) is 0 Å². The van der Waals surface area contributed by atoms with Gasteiger partial charge in [0.25, 0.3) is 11.6 Å². The van der Waals surface area contributed by atoms with Gasteiger partial charge in [0, 0.05) is 29.1 Å². The van der Waals surface area contributed by atoms with E-state index >= 15 is 0 Å². The molecule has 0 aromatic heterocycles. The average Bonchev–Trinajstić information content (AvgIpc) is 2.28. The fourth-order valence-electron chi connectivity index (χ4n) is 1.15. The first kappa shape index (κ1) is 13.4. The van der Waals surface area contributed by atoms with Crippen molar-refractivity contribution >= 4 is 23.2 Å². The van der Waals surface area contributed by atoms with E-state index in [-0.39, 0.29) is 17.5 Å². The Morgan fingerprint density at radius 3 is 2.35 bits per heavy atom. The van der Waals surface area contributed by atoms with E-state index in [0.717, 1.165) is 0 Å². The lowest BCUT2D eigenvalue weighted by atomic mass is 10.1. The van der Waals surface area contributed by atoms with Gasteiger partial charge in [-0.1, -0.05) is 0 Å². The van der Waals surface area contributed by atoms with E-state index in [0.29, 0.717) is 5.56 Å². The number of nitro benzene ring substituents is 1. The number of non-ortho nitro benzene ring substituents is 1. The zero-order chi connectivity index (χ0) is 13.1. The summed E-state index contributed by atoms with van der Waals surface area (Å²) < 4.78 is 0. The highest BCUT2D eigenvalue weighted by atomic mass is 35.5. The summed E-state index contributed by atoms with van der Waals surface area (Å²) in [5.74, 6) is -0.0170. The number of halogens is 1. The molecule has 0 aliphatic rings. The monoisotopic (exact) mass is 256 g/mol. The highest BCUT2D eigenvalue weighted by Gasteiger charge is 2.20. The molecule has 1 N–H and O–H groups in total. The van der Waals surface area contributed by atoms with Gasteiger partial charge in [-0.05, 0) is 26.0 Å².